The number of hydrogen-bond acceptors (Lipinski definition) is 3. The Bertz CT molecular complexity index is 462. The Balaban J connectivity index is 0.000000593. The summed E-state index contributed by atoms with van der Waals surface area (Å²) in [5, 5.41) is 17.3. The summed E-state index contributed by atoms with van der Waals surface area (Å²) in [5.41, 5.74) is 2.85. The maximum atomic E-state index is 8.65. The highest BCUT2D eigenvalue weighted by Gasteiger charge is 1.96. The van der Waals surface area contributed by atoms with Crippen molar-refractivity contribution < 1.29 is 14.9 Å². The minimum absolute atomic E-state index is 0.0880. The Hall–Kier alpha value is -1.90. The molecule has 0 aromatic heterocycles. The van der Waals surface area contributed by atoms with E-state index in [1.807, 2.05) is 12.5 Å². The van der Waals surface area contributed by atoms with Gasteiger partial charge in [0.1, 0.15) is 11.5 Å². The second-order valence-electron chi connectivity index (χ2n) is 6.12. The summed E-state index contributed by atoms with van der Waals surface area (Å²) in [6.45, 7) is 8.86. The van der Waals surface area contributed by atoms with Gasteiger partial charge in [0.2, 0.25) is 0 Å². The van der Waals surface area contributed by atoms with E-state index in [0.717, 1.165) is 12.8 Å². The summed E-state index contributed by atoms with van der Waals surface area (Å²) in [4.78, 5) is 0. The number of ether oxygens (including phenoxy) is 1. The molecule has 1 aromatic carbocycles. The maximum Gasteiger partial charge on any atom is 0.119 e. The summed E-state index contributed by atoms with van der Waals surface area (Å²) in [6, 6.07) is 5.85. The molecule has 1 aromatic rings. The smallest absolute Gasteiger partial charge is 0.119 e. The van der Waals surface area contributed by atoms with E-state index in [4.69, 9.17) is 14.9 Å². The van der Waals surface area contributed by atoms with E-state index in [1.54, 1.807) is 6.07 Å². The molecule has 0 spiro atoms. The normalized spacial score (nSPS) is 11.7. The van der Waals surface area contributed by atoms with Crippen LogP contribution in [0.15, 0.2) is 47.9 Å². The fourth-order valence-corrected chi connectivity index (χ4v) is 2.17. The van der Waals surface area contributed by atoms with Crippen LogP contribution in [0.1, 0.15) is 79.1 Å². The highest BCUT2D eigenvalue weighted by Crippen LogP contribution is 2.15. The van der Waals surface area contributed by atoms with E-state index in [9.17, 15) is 0 Å². The highest BCUT2D eigenvalue weighted by molar-refractivity contribution is 5.30. The lowest BCUT2D eigenvalue weighted by Crippen LogP contribution is -1.86. The fourth-order valence-electron chi connectivity index (χ4n) is 2.17. The molecule has 3 heteroatoms. The summed E-state index contributed by atoms with van der Waals surface area (Å²) in [5.74, 6) is 0.176. The lowest BCUT2D eigenvalue weighted by atomic mass is 10.1. The molecule has 0 bridgehead atoms. The lowest BCUT2D eigenvalue weighted by Gasteiger charge is -2.05. The van der Waals surface area contributed by atoms with E-state index in [2.05, 4.69) is 27.7 Å². The number of phenolic OH excluding ortho intramolecular Hbond substituents is 2. The first-order chi connectivity index (χ1) is 12.1. The fraction of sp³-hybridized carbons (Fsp3) is 0.545. The Morgan fingerprint density at radius 2 is 1.28 bits per heavy atom. The van der Waals surface area contributed by atoms with E-state index in [1.165, 1.54) is 67.9 Å². The van der Waals surface area contributed by atoms with Gasteiger partial charge < -0.3 is 14.9 Å². The number of unbranched alkanes of at least 4 members (excludes halogenated alkanes) is 2. The van der Waals surface area contributed by atoms with Crippen LogP contribution >= 0.6 is 0 Å². The second kappa shape index (κ2) is 15.6. The molecule has 0 heterocycles. The molecule has 25 heavy (non-hydrogen) atoms. The standard InChI is InChI=1S/C16H30O.C6H6O2/c1-5-9-11-15(7-3)13-17-14-16(8-4)12-10-6-2;7-5-2-1-3-6(8)4-5/h13-14H,5-12H2,1-4H3;1-4,7-8H. The molecule has 0 saturated heterocycles. The summed E-state index contributed by atoms with van der Waals surface area (Å²) in [7, 11) is 0. The van der Waals surface area contributed by atoms with Crippen molar-refractivity contribution in [2.75, 3.05) is 0 Å². The summed E-state index contributed by atoms with van der Waals surface area (Å²) >= 11 is 0. The quantitative estimate of drug-likeness (QED) is 0.445. The zero-order valence-electron chi connectivity index (χ0n) is 16.4. The van der Waals surface area contributed by atoms with Crippen LogP contribution in [0.5, 0.6) is 11.5 Å². The van der Waals surface area contributed by atoms with E-state index in [0.29, 0.717) is 0 Å². The number of benzene rings is 1. The third kappa shape index (κ3) is 13.1. The van der Waals surface area contributed by atoms with Crippen LogP contribution < -0.4 is 0 Å². The van der Waals surface area contributed by atoms with Crippen molar-refractivity contribution in [2.45, 2.75) is 79.1 Å². The van der Waals surface area contributed by atoms with Crippen molar-refractivity contribution in [1.82, 2.24) is 0 Å². The van der Waals surface area contributed by atoms with Gasteiger partial charge in [-0.2, -0.15) is 0 Å². The van der Waals surface area contributed by atoms with Gasteiger partial charge >= 0.3 is 0 Å². The molecule has 0 aliphatic carbocycles. The molecule has 0 aliphatic rings. The molecule has 142 valence electrons. The van der Waals surface area contributed by atoms with Crippen LogP contribution in [0.4, 0.5) is 0 Å². The van der Waals surface area contributed by atoms with Crippen LogP contribution in [0.2, 0.25) is 0 Å². The first-order valence-corrected chi connectivity index (χ1v) is 9.56. The Labute approximate surface area is 154 Å². The highest BCUT2D eigenvalue weighted by atomic mass is 16.5. The average molecular weight is 349 g/mol. The minimum atomic E-state index is 0.0880. The number of allylic oxidation sites excluding steroid dienone is 2. The van der Waals surface area contributed by atoms with Crippen LogP contribution in [0, 0.1) is 0 Å². The van der Waals surface area contributed by atoms with Crippen LogP contribution in [0.3, 0.4) is 0 Å². The van der Waals surface area contributed by atoms with E-state index in [-0.39, 0.29) is 11.5 Å². The molecule has 1 rings (SSSR count). The van der Waals surface area contributed by atoms with Gasteiger partial charge in [0.25, 0.3) is 0 Å². The molecule has 0 fully saturated rings. The zero-order chi connectivity index (χ0) is 18.9. The first kappa shape index (κ1) is 23.1. The molecule has 0 amide bonds. The van der Waals surface area contributed by atoms with Crippen LogP contribution in [-0.2, 0) is 4.74 Å². The summed E-state index contributed by atoms with van der Waals surface area (Å²) < 4.78 is 5.61. The van der Waals surface area contributed by atoms with E-state index < -0.39 is 0 Å². The third-order valence-electron chi connectivity index (χ3n) is 3.91. The van der Waals surface area contributed by atoms with E-state index >= 15 is 0 Å². The first-order valence-electron chi connectivity index (χ1n) is 9.56. The number of hydrogen-bond donors (Lipinski definition) is 2. The predicted molar refractivity (Wildman–Crippen MR) is 107 cm³/mol. The van der Waals surface area contributed by atoms with Gasteiger partial charge in [0.15, 0.2) is 0 Å². The Morgan fingerprint density at radius 1 is 0.840 bits per heavy atom. The van der Waals surface area contributed by atoms with Gasteiger partial charge in [-0.05, 0) is 61.8 Å². The van der Waals surface area contributed by atoms with Gasteiger partial charge in [-0.3, -0.25) is 0 Å². The SMILES string of the molecule is CCCCC(=COC=C(CC)CCCC)CC.Oc1cccc(O)c1. The van der Waals surface area contributed by atoms with Gasteiger partial charge in [0, 0.05) is 6.07 Å². The topological polar surface area (TPSA) is 49.7 Å². The average Bonchev–Trinajstić information content (AvgIpc) is 2.61. The van der Waals surface area contributed by atoms with Gasteiger partial charge in [0.05, 0.1) is 12.5 Å². The lowest BCUT2D eigenvalue weighted by molar-refractivity contribution is 0.385. The minimum Gasteiger partial charge on any atom is -0.508 e. The van der Waals surface area contributed by atoms with Crippen molar-refractivity contribution in [3.63, 3.8) is 0 Å². The Morgan fingerprint density at radius 3 is 1.56 bits per heavy atom. The van der Waals surface area contributed by atoms with Crippen molar-refractivity contribution in [3.8, 4) is 11.5 Å². The van der Waals surface area contributed by atoms with Crippen LogP contribution in [-0.4, -0.2) is 10.2 Å². The largest absolute Gasteiger partial charge is 0.508 e. The molecule has 0 aliphatic heterocycles. The van der Waals surface area contributed by atoms with Crippen molar-refractivity contribution in [3.05, 3.63) is 47.9 Å². The zero-order valence-corrected chi connectivity index (χ0v) is 16.4. The number of aromatic hydroxyl groups is 2. The van der Waals surface area contributed by atoms with Gasteiger partial charge in [-0.1, -0.05) is 46.6 Å². The number of phenols is 2. The molecule has 0 saturated carbocycles. The molecular formula is C22H36O3. The van der Waals surface area contributed by atoms with Crippen LogP contribution in [0.25, 0.3) is 0 Å². The predicted octanol–water partition coefficient (Wildman–Crippen LogP) is 7.07. The molecule has 0 atom stereocenters. The third-order valence-corrected chi connectivity index (χ3v) is 3.91. The van der Waals surface area contributed by atoms with Crippen molar-refractivity contribution >= 4 is 0 Å². The van der Waals surface area contributed by atoms with Crippen molar-refractivity contribution in [1.29, 1.82) is 0 Å². The molecule has 3 nitrogen and oxygen atoms in total. The van der Waals surface area contributed by atoms with Gasteiger partial charge in [-0.15, -0.1) is 0 Å². The molecule has 0 unspecified atom stereocenters. The molecule has 2 N–H and O–H groups in total. The monoisotopic (exact) mass is 348 g/mol. The molecular weight excluding hydrogens is 312 g/mol. The maximum absolute atomic E-state index is 8.65. The Kier molecular flexibility index (Phi) is 14.4. The summed E-state index contributed by atoms with van der Waals surface area (Å²) in [6.07, 6.45) is 13.5. The number of rotatable bonds is 10. The van der Waals surface area contributed by atoms with Crippen molar-refractivity contribution in [2.24, 2.45) is 0 Å². The second-order valence-corrected chi connectivity index (χ2v) is 6.12. The molecule has 0 radical (unpaired) electrons. The van der Waals surface area contributed by atoms with Gasteiger partial charge in [-0.25, -0.2) is 0 Å².